The minimum absolute atomic E-state index is 0.0877. The summed E-state index contributed by atoms with van der Waals surface area (Å²) in [4.78, 5) is 0. The largest absolute Gasteiger partial charge is 0.493 e. The van der Waals surface area contributed by atoms with Gasteiger partial charge in [-0.1, -0.05) is 12.1 Å². The molecular formula is C13H19NO3S. The average molecular weight is 269 g/mol. The second-order valence-corrected chi connectivity index (χ2v) is 6.71. The zero-order valence-corrected chi connectivity index (χ0v) is 11.6. The monoisotopic (exact) mass is 269 g/mol. The number of hydrogen-bond acceptors (Lipinski definition) is 3. The minimum Gasteiger partial charge on any atom is -0.493 e. The molecule has 2 rings (SSSR count). The third kappa shape index (κ3) is 3.23. The number of sulfonamides is 1. The smallest absolute Gasteiger partial charge is 0.211 e. The van der Waals surface area contributed by atoms with Gasteiger partial charge in [-0.3, -0.25) is 0 Å². The average Bonchev–Trinajstić information content (AvgIpc) is 2.75. The van der Waals surface area contributed by atoms with E-state index in [2.05, 4.69) is 10.8 Å². The summed E-state index contributed by atoms with van der Waals surface area (Å²) in [6, 6.07) is 5.99. The Morgan fingerprint density at radius 3 is 2.94 bits per heavy atom. The fraction of sp³-hybridized carbons (Fsp3) is 0.538. The summed E-state index contributed by atoms with van der Waals surface area (Å²) in [6.07, 6.45) is 1.64. The molecule has 18 heavy (non-hydrogen) atoms. The summed E-state index contributed by atoms with van der Waals surface area (Å²) in [7, 11) is -3.13. The Kier molecular flexibility index (Phi) is 3.92. The van der Waals surface area contributed by atoms with Crippen molar-refractivity contribution in [2.24, 2.45) is 0 Å². The molecule has 1 unspecified atom stereocenters. The Labute approximate surface area is 108 Å². The minimum atomic E-state index is -3.13. The van der Waals surface area contributed by atoms with Crippen LogP contribution in [0.25, 0.3) is 0 Å². The van der Waals surface area contributed by atoms with Gasteiger partial charge in [0.1, 0.15) is 5.75 Å². The second-order valence-electron chi connectivity index (χ2n) is 4.67. The van der Waals surface area contributed by atoms with Gasteiger partial charge in [-0.25, -0.2) is 13.1 Å². The normalized spacial score (nSPS) is 16.1. The first-order chi connectivity index (χ1) is 8.50. The number of rotatable bonds is 5. The van der Waals surface area contributed by atoms with Crippen LogP contribution in [0.3, 0.4) is 0 Å². The molecule has 5 heteroatoms. The van der Waals surface area contributed by atoms with E-state index < -0.39 is 10.0 Å². The molecule has 0 radical (unpaired) electrons. The lowest BCUT2D eigenvalue weighted by Gasteiger charge is -2.13. The van der Waals surface area contributed by atoms with Crippen molar-refractivity contribution < 1.29 is 13.2 Å². The van der Waals surface area contributed by atoms with Crippen LogP contribution < -0.4 is 9.46 Å². The van der Waals surface area contributed by atoms with Gasteiger partial charge in [0.2, 0.25) is 10.0 Å². The summed E-state index contributed by atoms with van der Waals surface area (Å²) >= 11 is 0. The predicted octanol–water partition coefficient (Wildman–Crippen LogP) is 1.49. The van der Waals surface area contributed by atoms with E-state index in [1.807, 2.05) is 19.1 Å². The van der Waals surface area contributed by atoms with Crippen LogP contribution in [0.2, 0.25) is 0 Å². The Morgan fingerprint density at radius 2 is 2.22 bits per heavy atom. The van der Waals surface area contributed by atoms with Crippen LogP contribution >= 0.6 is 0 Å². The van der Waals surface area contributed by atoms with Crippen LogP contribution in [0.5, 0.6) is 5.75 Å². The van der Waals surface area contributed by atoms with Gasteiger partial charge >= 0.3 is 0 Å². The van der Waals surface area contributed by atoms with Crippen molar-refractivity contribution in [2.75, 3.05) is 12.4 Å². The van der Waals surface area contributed by atoms with Crippen molar-refractivity contribution in [1.82, 2.24) is 4.72 Å². The molecule has 1 aromatic rings. The summed E-state index contributed by atoms with van der Waals surface area (Å²) < 4.78 is 31.0. The first-order valence-electron chi connectivity index (χ1n) is 6.25. The first kappa shape index (κ1) is 13.4. The molecule has 100 valence electrons. The Balaban J connectivity index is 2.01. The number of nitrogens with one attached hydrogen (secondary N) is 1. The maximum atomic E-state index is 11.5. The van der Waals surface area contributed by atoms with E-state index in [-0.39, 0.29) is 11.8 Å². The predicted molar refractivity (Wildman–Crippen MR) is 71.4 cm³/mol. The van der Waals surface area contributed by atoms with E-state index in [4.69, 9.17) is 4.74 Å². The van der Waals surface area contributed by atoms with E-state index >= 15 is 0 Å². The Bertz CT molecular complexity index is 525. The molecule has 0 fully saturated rings. The van der Waals surface area contributed by atoms with Crippen molar-refractivity contribution in [3.8, 4) is 5.75 Å². The summed E-state index contributed by atoms with van der Waals surface area (Å²) in [5, 5.41) is 0. The van der Waals surface area contributed by atoms with E-state index in [0.717, 1.165) is 24.3 Å². The van der Waals surface area contributed by atoms with Crippen LogP contribution in [-0.4, -0.2) is 26.8 Å². The van der Waals surface area contributed by atoms with Crippen LogP contribution in [0, 0.1) is 0 Å². The number of ether oxygens (including phenoxy) is 1. The highest BCUT2D eigenvalue weighted by molar-refractivity contribution is 7.89. The van der Waals surface area contributed by atoms with E-state index in [0.29, 0.717) is 6.42 Å². The number of benzene rings is 1. The van der Waals surface area contributed by atoms with Crippen molar-refractivity contribution in [1.29, 1.82) is 0 Å². The molecule has 0 aromatic heterocycles. The SMILES string of the molecule is CCS(=O)(=O)NC(C)Cc1ccc2c(c1)CCO2. The second kappa shape index (κ2) is 5.28. The van der Waals surface area contributed by atoms with E-state index in [1.54, 1.807) is 6.92 Å². The lowest BCUT2D eigenvalue weighted by molar-refractivity contribution is 0.357. The lowest BCUT2D eigenvalue weighted by atomic mass is 10.0. The zero-order valence-electron chi connectivity index (χ0n) is 10.8. The van der Waals surface area contributed by atoms with Crippen LogP contribution in [0.1, 0.15) is 25.0 Å². The highest BCUT2D eigenvalue weighted by Crippen LogP contribution is 2.26. The molecule has 0 saturated carbocycles. The standard InChI is InChI=1S/C13H19NO3S/c1-3-18(15,16)14-10(2)8-11-4-5-13-12(9-11)6-7-17-13/h4-5,9-10,14H,3,6-8H2,1-2H3. The van der Waals surface area contributed by atoms with E-state index in [1.165, 1.54) is 5.56 Å². The summed E-state index contributed by atoms with van der Waals surface area (Å²) in [6.45, 7) is 4.27. The van der Waals surface area contributed by atoms with Gasteiger partial charge in [-0.05, 0) is 37.5 Å². The molecule has 1 N–H and O–H groups in total. The highest BCUT2D eigenvalue weighted by atomic mass is 32.2. The molecule has 0 bridgehead atoms. The first-order valence-corrected chi connectivity index (χ1v) is 7.90. The van der Waals surface area contributed by atoms with Gasteiger partial charge in [-0.15, -0.1) is 0 Å². The van der Waals surface area contributed by atoms with Crippen molar-refractivity contribution >= 4 is 10.0 Å². The molecule has 1 atom stereocenters. The maximum absolute atomic E-state index is 11.5. The quantitative estimate of drug-likeness (QED) is 0.881. The molecule has 0 spiro atoms. The van der Waals surface area contributed by atoms with Crippen LogP contribution in [0.15, 0.2) is 18.2 Å². The molecule has 1 aliphatic heterocycles. The number of hydrogen-bond donors (Lipinski definition) is 1. The van der Waals surface area contributed by atoms with Crippen LogP contribution in [0.4, 0.5) is 0 Å². The summed E-state index contributed by atoms with van der Waals surface area (Å²) in [5.74, 6) is 1.08. The molecule has 0 amide bonds. The summed E-state index contributed by atoms with van der Waals surface area (Å²) in [5.41, 5.74) is 2.36. The highest BCUT2D eigenvalue weighted by Gasteiger charge is 2.15. The van der Waals surface area contributed by atoms with Gasteiger partial charge in [-0.2, -0.15) is 0 Å². The zero-order chi connectivity index (χ0) is 13.2. The van der Waals surface area contributed by atoms with Crippen molar-refractivity contribution in [2.45, 2.75) is 32.7 Å². The van der Waals surface area contributed by atoms with Gasteiger partial charge in [0.15, 0.2) is 0 Å². The third-order valence-corrected chi connectivity index (χ3v) is 4.58. The fourth-order valence-corrected chi connectivity index (χ4v) is 3.02. The number of fused-ring (bicyclic) bond motifs is 1. The molecule has 0 saturated heterocycles. The molecule has 1 aromatic carbocycles. The molecule has 1 aliphatic rings. The van der Waals surface area contributed by atoms with Gasteiger partial charge in [0.25, 0.3) is 0 Å². The fourth-order valence-electron chi connectivity index (χ4n) is 2.15. The van der Waals surface area contributed by atoms with Crippen molar-refractivity contribution in [3.63, 3.8) is 0 Å². The maximum Gasteiger partial charge on any atom is 0.211 e. The van der Waals surface area contributed by atoms with Gasteiger partial charge in [0.05, 0.1) is 12.4 Å². The van der Waals surface area contributed by atoms with Crippen molar-refractivity contribution in [3.05, 3.63) is 29.3 Å². The Morgan fingerprint density at radius 1 is 1.44 bits per heavy atom. The van der Waals surface area contributed by atoms with Gasteiger partial charge in [0, 0.05) is 12.5 Å². The topological polar surface area (TPSA) is 55.4 Å². The molecule has 1 heterocycles. The van der Waals surface area contributed by atoms with Gasteiger partial charge < -0.3 is 4.74 Å². The molecule has 0 aliphatic carbocycles. The van der Waals surface area contributed by atoms with Crippen LogP contribution in [-0.2, 0) is 22.9 Å². The van der Waals surface area contributed by atoms with E-state index in [9.17, 15) is 8.42 Å². The molecular weight excluding hydrogens is 250 g/mol. The lowest BCUT2D eigenvalue weighted by Crippen LogP contribution is -2.35. The Hall–Kier alpha value is -1.07. The molecule has 4 nitrogen and oxygen atoms in total. The third-order valence-electron chi connectivity index (χ3n) is 3.06.